The number of hydrogen-bond acceptors (Lipinski definition) is 3. The standard InChI is InChI=1S/C8H11IN2O2S/c1-2-11-14(12,13)8-5-6(9)3-4-7(8)10/h3-5,11H,2,10H2,1H3. The third-order valence-corrected chi connectivity index (χ3v) is 3.87. The molecule has 78 valence electrons. The topological polar surface area (TPSA) is 72.2 Å². The van der Waals surface area contributed by atoms with E-state index in [0.29, 0.717) is 6.54 Å². The van der Waals surface area contributed by atoms with Gasteiger partial charge >= 0.3 is 0 Å². The van der Waals surface area contributed by atoms with Crippen LogP contribution in [-0.2, 0) is 10.0 Å². The quantitative estimate of drug-likeness (QED) is 0.647. The van der Waals surface area contributed by atoms with Crippen molar-refractivity contribution in [3.63, 3.8) is 0 Å². The van der Waals surface area contributed by atoms with E-state index < -0.39 is 10.0 Å². The predicted octanol–water partition coefficient (Wildman–Crippen LogP) is 1.17. The third kappa shape index (κ3) is 2.58. The molecule has 0 aliphatic rings. The minimum Gasteiger partial charge on any atom is -0.398 e. The number of hydrogen-bond donors (Lipinski definition) is 2. The average molecular weight is 326 g/mol. The Labute approximate surface area is 97.1 Å². The van der Waals surface area contributed by atoms with Crippen LogP contribution in [0.3, 0.4) is 0 Å². The zero-order valence-electron chi connectivity index (χ0n) is 7.62. The molecule has 1 aromatic carbocycles. The number of halogens is 1. The van der Waals surface area contributed by atoms with Crippen LogP contribution in [0, 0.1) is 3.57 Å². The summed E-state index contributed by atoms with van der Waals surface area (Å²) in [5, 5.41) is 0. The zero-order valence-corrected chi connectivity index (χ0v) is 10.6. The summed E-state index contributed by atoms with van der Waals surface area (Å²) < 4.78 is 26.5. The lowest BCUT2D eigenvalue weighted by Crippen LogP contribution is -2.24. The second-order valence-corrected chi connectivity index (χ2v) is 5.66. The molecule has 6 heteroatoms. The fourth-order valence-electron chi connectivity index (χ4n) is 1.01. The van der Waals surface area contributed by atoms with Gasteiger partial charge in [0.15, 0.2) is 0 Å². The molecule has 0 spiro atoms. The van der Waals surface area contributed by atoms with Gasteiger partial charge in [-0.25, -0.2) is 13.1 Å². The smallest absolute Gasteiger partial charge is 0.242 e. The molecule has 0 amide bonds. The van der Waals surface area contributed by atoms with E-state index in [1.54, 1.807) is 25.1 Å². The summed E-state index contributed by atoms with van der Waals surface area (Å²) in [6.07, 6.45) is 0. The Morgan fingerprint density at radius 2 is 2.14 bits per heavy atom. The number of benzene rings is 1. The van der Waals surface area contributed by atoms with E-state index in [9.17, 15) is 8.42 Å². The molecule has 0 fully saturated rings. The van der Waals surface area contributed by atoms with Crippen molar-refractivity contribution in [2.45, 2.75) is 11.8 Å². The predicted molar refractivity (Wildman–Crippen MR) is 64.4 cm³/mol. The first-order valence-corrected chi connectivity index (χ1v) is 6.58. The summed E-state index contributed by atoms with van der Waals surface area (Å²) >= 11 is 2.04. The highest BCUT2D eigenvalue weighted by Crippen LogP contribution is 2.20. The number of anilines is 1. The average Bonchev–Trinajstić information content (AvgIpc) is 2.09. The monoisotopic (exact) mass is 326 g/mol. The molecule has 0 atom stereocenters. The maximum atomic E-state index is 11.6. The van der Waals surface area contributed by atoms with E-state index in [4.69, 9.17) is 5.73 Å². The lowest BCUT2D eigenvalue weighted by atomic mass is 10.3. The van der Waals surface area contributed by atoms with Crippen LogP contribution in [0.4, 0.5) is 5.69 Å². The minimum absolute atomic E-state index is 0.145. The number of nitrogens with one attached hydrogen (secondary N) is 1. The molecule has 0 bridgehead atoms. The van der Waals surface area contributed by atoms with Gasteiger partial charge in [-0.2, -0.15) is 0 Å². The van der Waals surface area contributed by atoms with E-state index >= 15 is 0 Å². The van der Waals surface area contributed by atoms with Crippen molar-refractivity contribution in [3.05, 3.63) is 21.8 Å². The van der Waals surface area contributed by atoms with Crippen molar-refractivity contribution in [1.82, 2.24) is 4.72 Å². The second-order valence-electron chi connectivity index (χ2n) is 2.68. The van der Waals surface area contributed by atoms with Crippen LogP contribution >= 0.6 is 22.6 Å². The SMILES string of the molecule is CCNS(=O)(=O)c1cc(I)ccc1N. The van der Waals surface area contributed by atoms with Crippen LogP contribution in [-0.4, -0.2) is 15.0 Å². The first kappa shape index (κ1) is 11.7. The lowest BCUT2D eigenvalue weighted by molar-refractivity contribution is 0.584. The highest BCUT2D eigenvalue weighted by molar-refractivity contribution is 14.1. The third-order valence-electron chi connectivity index (χ3n) is 1.60. The van der Waals surface area contributed by atoms with Gasteiger partial charge in [-0.3, -0.25) is 0 Å². The number of sulfonamides is 1. The first-order chi connectivity index (χ1) is 6.47. The summed E-state index contributed by atoms with van der Waals surface area (Å²) in [4.78, 5) is 0.145. The Morgan fingerprint density at radius 1 is 1.50 bits per heavy atom. The maximum Gasteiger partial charge on any atom is 0.242 e. The molecule has 0 aliphatic carbocycles. The highest BCUT2D eigenvalue weighted by Gasteiger charge is 2.16. The molecule has 0 saturated heterocycles. The lowest BCUT2D eigenvalue weighted by Gasteiger charge is -2.07. The molecule has 0 heterocycles. The molecule has 1 rings (SSSR count). The summed E-state index contributed by atoms with van der Waals surface area (Å²) in [5.74, 6) is 0. The Kier molecular flexibility index (Phi) is 3.73. The van der Waals surface area contributed by atoms with Gasteiger partial charge in [-0.05, 0) is 40.8 Å². The molecule has 14 heavy (non-hydrogen) atoms. The molecule has 0 unspecified atom stereocenters. The van der Waals surface area contributed by atoms with Gasteiger partial charge < -0.3 is 5.73 Å². The Morgan fingerprint density at radius 3 is 2.71 bits per heavy atom. The van der Waals surface area contributed by atoms with Gasteiger partial charge in [0, 0.05) is 10.1 Å². The summed E-state index contributed by atoms with van der Waals surface area (Å²) in [5.41, 5.74) is 5.85. The van der Waals surface area contributed by atoms with Crippen molar-refractivity contribution >= 4 is 38.3 Å². The van der Waals surface area contributed by atoms with Crippen LogP contribution in [0.5, 0.6) is 0 Å². The van der Waals surface area contributed by atoms with Gasteiger partial charge in [0.05, 0.1) is 5.69 Å². The van der Waals surface area contributed by atoms with Crippen LogP contribution in [0.2, 0.25) is 0 Å². The second kappa shape index (κ2) is 4.45. The first-order valence-electron chi connectivity index (χ1n) is 4.02. The molecule has 1 aromatic rings. The van der Waals surface area contributed by atoms with E-state index in [1.165, 1.54) is 0 Å². The molecule has 0 aromatic heterocycles. The van der Waals surface area contributed by atoms with Crippen molar-refractivity contribution in [2.24, 2.45) is 0 Å². The molecule has 4 nitrogen and oxygen atoms in total. The fraction of sp³-hybridized carbons (Fsp3) is 0.250. The Bertz CT molecular complexity index is 431. The minimum atomic E-state index is -3.44. The van der Waals surface area contributed by atoms with E-state index in [0.717, 1.165) is 3.57 Å². The Balaban J connectivity index is 3.25. The van der Waals surface area contributed by atoms with Gasteiger partial charge in [-0.1, -0.05) is 6.92 Å². The summed E-state index contributed by atoms with van der Waals surface area (Å²) in [6.45, 7) is 2.08. The van der Waals surface area contributed by atoms with E-state index in [1.807, 2.05) is 22.6 Å². The molecule has 0 saturated carbocycles. The van der Waals surface area contributed by atoms with Gasteiger partial charge in [0.25, 0.3) is 0 Å². The fourth-order valence-corrected chi connectivity index (χ4v) is 2.91. The van der Waals surface area contributed by atoms with Crippen LogP contribution in [0.1, 0.15) is 6.92 Å². The highest BCUT2D eigenvalue weighted by atomic mass is 127. The van der Waals surface area contributed by atoms with Crippen LogP contribution in [0.15, 0.2) is 23.1 Å². The van der Waals surface area contributed by atoms with Gasteiger partial charge in [-0.15, -0.1) is 0 Å². The van der Waals surface area contributed by atoms with Crippen molar-refractivity contribution in [1.29, 1.82) is 0 Å². The van der Waals surface area contributed by atoms with Crippen molar-refractivity contribution in [2.75, 3.05) is 12.3 Å². The normalized spacial score (nSPS) is 11.6. The Hall–Kier alpha value is -0.340. The van der Waals surface area contributed by atoms with Crippen LogP contribution < -0.4 is 10.5 Å². The van der Waals surface area contributed by atoms with Gasteiger partial charge in [0.2, 0.25) is 10.0 Å². The number of rotatable bonds is 3. The zero-order chi connectivity index (χ0) is 10.8. The maximum absolute atomic E-state index is 11.6. The van der Waals surface area contributed by atoms with Crippen LogP contribution in [0.25, 0.3) is 0 Å². The van der Waals surface area contributed by atoms with Crippen molar-refractivity contribution in [3.8, 4) is 0 Å². The molecule has 0 radical (unpaired) electrons. The largest absolute Gasteiger partial charge is 0.398 e. The number of nitrogen functional groups attached to an aromatic ring is 1. The van der Waals surface area contributed by atoms with Crippen molar-refractivity contribution < 1.29 is 8.42 Å². The molecular formula is C8H11IN2O2S. The van der Waals surface area contributed by atoms with Gasteiger partial charge in [0.1, 0.15) is 4.90 Å². The summed E-state index contributed by atoms with van der Waals surface area (Å²) in [6, 6.07) is 4.90. The summed E-state index contributed by atoms with van der Waals surface area (Å²) in [7, 11) is -3.44. The molecule has 3 N–H and O–H groups in total. The number of nitrogens with two attached hydrogens (primary N) is 1. The van der Waals surface area contributed by atoms with E-state index in [2.05, 4.69) is 4.72 Å². The molecule has 0 aliphatic heterocycles. The molecular weight excluding hydrogens is 315 g/mol. The van der Waals surface area contributed by atoms with E-state index in [-0.39, 0.29) is 10.6 Å².